The van der Waals surface area contributed by atoms with Crippen molar-refractivity contribution in [3.8, 4) is 0 Å². The number of imide groups is 1. The molecule has 0 radical (unpaired) electrons. The third-order valence-corrected chi connectivity index (χ3v) is 5.96. The van der Waals surface area contributed by atoms with Crippen LogP contribution >= 0.6 is 0 Å². The number of hydrogen-bond donors (Lipinski definition) is 5. The molecule has 0 saturated heterocycles. The van der Waals surface area contributed by atoms with Gasteiger partial charge in [0.05, 0.1) is 0 Å². The van der Waals surface area contributed by atoms with Crippen LogP contribution in [0.25, 0.3) is 0 Å². The minimum Gasteiger partial charge on any atom is -0.352 e. The molecular formula is C26H36N6O6. The molecule has 12 nitrogen and oxygen atoms in total. The highest BCUT2D eigenvalue weighted by Gasteiger charge is 2.30. The zero-order valence-electron chi connectivity index (χ0n) is 21.9. The molecule has 2 atom stereocenters. The van der Waals surface area contributed by atoms with E-state index in [4.69, 9.17) is 5.73 Å². The summed E-state index contributed by atoms with van der Waals surface area (Å²) in [5, 5.41) is 10.6. The second-order valence-electron chi connectivity index (χ2n) is 9.23. The van der Waals surface area contributed by atoms with E-state index in [1.807, 2.05) is 19.1 Å². The van der Waals surface area contributed by atoms with Gasteiger partial charge in [0.15, 0.2) is 0 Å². The van der Waals surface area contributed by atoms with Crippen LogP contribution in [0.5, 0.6) is 0 Å². The van der Waals surface area contributed by atoms with E-state index in [1.165, 1.54) is 0 Å². The summed E-state index contributed by atoms with van der Waals surface area (Å²) >= 11 is 0. The molecular weight excluding hydrogens is 492 g/mol. The van der Waals surface area contributed by atoms with Gasteiger partial charge in [-0.3, -0.25) is 28.9 Å². The highest BCUT2D eigenvalue weighted by molar-refractivity contribution is 6.13. The number of carbonyl (C=O) groups is 6. The van der Waals surface area contributed by atoms with Crippen molar-refractivity contribution in [3.05, 3.63) is 42.0 Å². The maximum absolute atomic E-state index is 13.2. The van der Waals surface area contributed by atoms with Crippen molar-refractivity contribution >= 4 is 41.3 Å². The Kier molecular flexibility index (Phi) is 11.5. The smallest absolute Gasteiger partial charge is 0.312 e. The van der Waals surface area contributed by atoms with Gasteiger partial charge < -0.3 is 27.0 Å². The summed E-state index contributed by atoms with van der Waals surface area (Å²) in [7, 11) is 0. The Labute approximate surface area is 221 Å². The summed E-state index contributed by atoms with van der Waals surface area (Å²) in [4.78, 5) is 74.0. The van der Waals surface area contributed by atoms with Crippen molar-refractivity contribution in [2.75, 3.05) is 18.4 Å². The molecule has 0 saturated carbocycles. The van der Waals surface area contributed by atoms with Crippen LogP contribution in [0.4, 0.5) is 10.5 Å². The first-order valence-corrected chi connectivity index (χ1v) is 12.6. The van der Waals surface area contributed by atoms with Gasteiger partial charge in [-0.2, -0.15) is 0 Å². The maximum atomic E-state index is 13.2. The molecule has 1 aromatic rings. The number of nitrogens with zero attached hydrogens (tertiary/aromatic N) is 1. The van der Waals surface area contributed by atoms with Crippen LogP contribution in [0.2, 0.25) is 0 Å². The molecule has 206 valence electrons. The molecule has 12 heteroatoms. The lowest BCUT2D eigenvalue weighted by Gasteiger charge is -2.25. The second kappa shape index (κ2) is 14.5. The van der Waals surface area contributed by atoms with Crippen LogP contribution in [-0.2, 0) is 30.4 Å². The lowest BCUT2D eigenvalue weighted by atomic mass is 10.0. The van der Waals surface area contributed by atoms with Gasteiger partial charge in [0.2, 0.25) is 17.7 Å². The van der Waals surface area contributed by atoms with Gasteiger partial charge in [-0.15, -0.1) is 0 Å². The molecule has 2 rings (SSSR count). The monoisotopic (exact) mass is 528 g/mol. The van der Waals surface area contributed by atoms with Gasteiger partial charge in [0, 0.05) is 37.3 Å². The van der Waals surface area contributed by atoms with Gasteiger partial charge in [0.25, 0.3) is 11.8 Å². The van der Waals surface area contributed by atoms with Crippen molar-refractivity contribution < 1.29 is 28.8 Å². The molecule has 0 aliphatic carbocycles. The van der Waals surface area contributed by atoms with Crippen LogP contribution in [0.1, 0.15) is 45.6 Å². The lowest BCUT2D eigenvalue weighted by molar-refractivity contribution is -0.137. The normalized spacial score (nSPS) is 14.3. The maximum Gasteiger partial charge on any atom is 0.312 e. The Hall–Kier alpha value is -4.22. The summed E-state index contributed by atoms with van der Waals surface area (Å²) in [6.07, 6.45) is 3.51. The summed E-state index contributed by atoms with van der Waals surface area (Å²) in [6, 6.07) is 4.72. The summed E-state index contributed by atoms with van der Waals surface area (Å²) in [5.41, 5.74) is 6.76. The molecule has 0 aromatic heterocycles. The molecule has 7 amide bonds. The van der Waals surface area contributed by atoms with Crippen molar-refractivity contribution in [1.82, 2.24) is 20.9 Å². The molecule has 0 spiro atoms. The first-order valence-electron chi connectivity index (χ1n) is 12.6. The van der Waals surface area contributed by atoms with Gasteiger partial charge in [-0.25, -0.2) is 4.79 Å². The number of amides is 7. The summed E-state index contributed by atoms with van der Waals surface area (Å²) < 4.78 is 0. The number of rotatable bonds is 14. The van der Waals surface area contributed by atoms with Crippen molar-refractivity contribution in [1.29, 1.82) is 0 Å². The zero-order chi connectivity index (χ0) is 28.2. The number of carbonyl (C=O) groups excluding carboxylic acids is 6. The molecule has 6 N–H and O–H groups in total. The number of urea groups is 1. The Morgan fingerprint density at radius 3 is 2.13 bits per heavy atom. The Morgan fingerprint density at radius 2 is 1.58 bits per heavy atom. The van der Waals surface area contributed by atoms with E-state index >= 15 is 0 Å². The number of hydrogen-bond acceptors (Lipinski definition) is 6. The quantitative estimate of drug-likeness (QED) is 0.174. The fourth-order valence-electron chi connectivity index (χ4n) is 3.75. The van der Waals surface area contributed by atoms with Crippen LogP contribution in [-0.4, -0.2) is 65.6 Å². The third kappa shape index (κ3) is 9.34. The van der Waals surface area contributed by atoms with Crippen molar-refractivity contribution in [2.45, 2.75) is 58.5 Å². The van der Waals surface area contributed by atoms with Crippen LogP contribution in [0, 0.1) is 5.92 Å². The Morgan fingerprint density at radius 1 is 0.947 bits per heavy atom. The van der Waals surface area contributed by atoms with Gasteiger partial charge >= 0.3 is 6.03 Å². The van der Waals surface area contributed by atoms with Crippen molar-refractivity contribution in [3.63, 3.8) is 0 Å². The lowest BCUT2D eigenvalue weighted by Crippen LogP contribution is -2.54. The molecule has 0 bridgehead atoms. The molecule has 0 unspecified atom stereocenters. The second-order valence-corrected chi connectivity index (χ2v) is 9.23. The standard InChI is InChI=1S/C26H36N6O6/c1-4-17-7-9-18(10-8-17)29-24(36)19(6-5-14-28-26(27)38)30-25(37)23(16(2)3)31-20(33)13-15-32-21(34)11-12-22(32)35/h7-12,16,19,23H,4-6,13-15H2,1-3H3,(H,29,36)(H,30,37)(H,31,33)(H3,27,28,38)/t19-,23-/m0/s1. The number of primary amides is 1. The van der Waals surface area contributed by atoms with Gasteiger partial charge in [0.1, 0.15) is 12.1 Å². The van der Waals surface area contributed by atoms with Crippen molar-refractivity contribution in [2.24, 2.45) is 11.7 Å². The molecule has 1 aliphatic heterocycles. The first-order chi connectivity index (χ1) is 18.0. The number of benzene rings is 1. The van der Waals surface area contributed by atoms with Gasteiger partial charge in [-0.05, 0) is 42.9 Å². The van der Waals surface area contributed by atoms with E-state index in [-0.39, 0.29) is 31.8 Å². The minimum atomic E-state index is -0.964. The number of nitrogens with two attached hydrogens (primary N) is 1. The minimum absolute atomic E-state index is 0.113. The number of anilines is 1. The Balaban J connectivity index is 2.03. The molecule has 0 fully saturated rings. The summed E-state index contributed by atoms with van der Waals surface area (Å²) in [5.74, 6) is -2.84. The SMILES string of the molecule is CCc1ccc(NC(=O)[C@H](CCCNC(N)=O)NC(=O)[C@@H](NC(=O)CCN2C(=O)C=CC2=O)C(C)C)cc1. The van der Waals surface area contributed by atoms with Crippen LogP contribution < -0.4 is 27.0 Å². The first kappa shape index (κ1) is 30.0. The topological polar surface area (TPSA) is 180 Å². The van der Waals surface area contributed by atoms with Crippen LogP contribution in [0.15, 0.2) is 36.4 Å². The van der Waals surface area contributed by atoms with E-state index in [0.29, 0.717) is 12.1 Å². The largest absolute Gasteiger partial charge is 0.352 e. The fourth-order valence-corrected chi connectivity index (χ4v) is 3.75. The van der Waals surface area contributed by atoms with Gasteiger partial charge in [-0.1, -0.05) is 32.9 Å². The number of nitrogens with one attached hydrogen (secondary N) is 4. The van der Waals surface area contributed by atoms with Crippen LogP contribution in [0.3, 0.4) is 0 Å². The fraction of sp³-hybridized carbons (Fsp3) is 0.462. The van der Waals surface area contributed by atoms with E-state index in [9.17, 15) is 28.8 Å². The predicted molar refractivity (Wildman–Crippen MR) is 140 cm³/mol. The average molecular weight is 529 g/mol. The third-order valence-electron chi connectivity index (χ3n) is 5.96. The highest BCUT2D eigenvalue weighted by atomic mass is 16.2. The zero-order valence-corrected chi connectivity index (χ0v) is 21.9. The summed E-state index contributed by atoms with van der Waals surface area (Å²) in [6.45, 7) is 5.60. The van der Waals surface area contributed by atoms with E-state index in [2.05, 4.69) is 21.3 Å². The molecule has 1 aliphatic rings. The predicted octanol–water partition coefficient (Wildman–Crippen LogP) is 0.577. The molecule has 1 aromatic carbocycles. The average Bonchev–Trinajstić information content (AvgIpc) is 3.19. The highest BCUT2D eigenvalue weighted by Crippen LogP contribution is 2.12. The number of aryl methyl sites for hydroxylation is 1. The molecule has 1 heterocycles. The Bertz CT molecular complexity index is 1050. The molecule has 38 heavy (non-hydrogen) atoms. The van der Waals surface area contributed by atoms with E-state index < -0.39 is 47.7 Å². The van der Waals surface area contributed by atoms with E-state index in [0.717, 1.165) is 29.0 Å². The van der Waals surface area contributed by atoms with E-state index in [1.54, 1.807) is 26.0 Å².